The summed E-state index contributed by atoms with van der Waals surface area (Å²) in [7, 11) is 2.21. The molecule has 0 saturated heterocycles. The Morgan fingerprint density at radius 3 is 1.82 bits per heavy atom. The first-order chi connectivity index (χ1) is 15.2. The van der Waals surface area contributed by atoms with Gasteiger partial charge in [0.15, 0.2) is 11.0 Å². The molecule has 2 bridgehead atoms. The van der Waals surface area contributed by atoms with Gasteiger partial charge in [0, 0.05) is 0 Å². The van der Waals surface area contributed by atoms with Crippen LogP contribution in [-0.4, -0.2) is 4.57 Å². The highest BCUT2D eigenvalue weighted by molar-refractivity contribution is 5.78. The summed E-state index contributed by atoms with van der Waals surface area (Å²) in [6.07, 6.45) is 7.61. The second-order valence-electron chi connectivity index (χ2n) is 13.7. The molecule has 0 aliphatic heterocycles. The van der Waals surface area contributed by atoms with Gasteiger partial charge in [-0.05, 0) is 99.3 Å². The van der Waals surface area contributed by atoms with Gasteiger partial charge in [-0.15, -0.1) is 0 Å². The van der Waals surface area contributed by atoms with Gasteiger partial charge in [-0.25, -0.2) is 4.57 Å². The molecule has 3 aromatic rings. The minimum absolute atomic E-state index is 0.118. The van der Waals surface area contributed by atoms with Crippen molar-refractivity contribution in [2.24, 2.45) is 12.5 Å². The highest BCUT2D eigenvalue weighted by atomic mass is 15.1. The third kappa shape index (κ3) is 2.38. The van der Waals surface area contributed by atoms with Gasteiger partial charge in [0.05, 0.1) is 7.05 Å². The Bertz CT molecular complexity index is 1320. The van der Waals surface area contributed by atoms with Crippen LogP contribution in [-0.2, 0) is 28.7 Å². The standard InChI is InChI=1S/C31H41N2/c1-27(2)21-11-10-20(16-22(21)28(3,4)29(27,5)6)33-19-32(9)25-17-23-24(18-26(25)33)31(8)14-12-30(23,7)13-15-31/h10-11,16-19H,12-15H2,1-9H3/q+1. The smallest absolute Gasteiger partial charge is 0.232 e. The van der Waals surface area contributed by atoms with Gasteiger partial charge in [0.1, 0.15) is 5.69 Å². The van der Waals surface area contributed by atoms with E-state index in [1.54, 1.807) is 11.1 Å². The van der Waals surface area contributed by atoms with Crippen molar-refractivity contribution in [1.82, 2.24) is 4.57 Å². The molecule has 4 aliphatic rings. The number of aromatic nitrogens is 2. The summed E-state index contributed by atoms with van der Waals surface area (Å²) in [6.45, 7) is 19.6. The van der Waals surface area contributed by atoms with Crippen LogP contribution in [0.25, 0.3) is 16.7 Å². The van der Waals surface area contributed by atoms with Crippen molar-refractivity contribution in [3.05, 3.63) is 58.9 Å². The minimum atomic E-state index is 0.118. The molecule has 2 aromatic carbocycles. The van der Waals surface area contributed by atoms with E-state index in [1.165, 1.54) is 53.5 Å². The molecule has 0 spiro atoms. The maximum Gasteiger partial charge on any atom is 0.249 e. The van der Waals surface area contributed by atoms with Crippen LogP contribution in [0, 0.1) is 5.41 Å². The van der Waals surface area contributed by atoms with E-state index in [-0.39, 0.29) is 16.2 Å². The fourth-order valence-corrected chi connectivity index (χ4v) is 7.65. The molecular formula is C31H41N2+. The summed E-state index contributed by atoms with van der Waals surface area (Å²) in [5.74, 6) is 0. The van der Waals surface area contributed by atoms with Crippen LogP contribution in [0.1, 0.15) is 103 Å². The van der Waals surface area contributed by atoms with Gasteiger partial charge in [-0.3, -0.25) is 0 Å². The number of benzene rings is 2. The molecule has 174 valence electrons. The average Bonchev–Trinajstić information content (AvgIpc) is 3.14. The Hall–Kier alpha value is -2.09. The topological polar surface area (TPSA) is 8.81 Å². The lowest BCUT2D eigenvalue weighted by atomic mass is 9.52. The van der Waals surface area contributed by atoms with Crippen molar-refractivity contribution in [2.45, 2.75) is 103 Å². The first-order valence-corrected chi connectivity index (χ1v) is 12.9. The monoisotopic (exact) mass is 441 g/mol. The van der Waals surface area contributed by atoms with Crippen molar-refractivity contribution in [2.75, 3.05) is 0 Å². The third-order valence-electron chi connectivity index (χ3n) is 11.6. The van der Waals surface area contributed by atoms with E-state index in [9.17, 15) is 0 Å². The Morgan fingerprint density at radius 2 is 1.21 bits per heavy atom. The second kappa shape index (κ2) is 5.93. The number of aryl methyl sites for hydroxylation is 1. The Balaban J connectivity index is 1.58. The zero-order chi connectivity index (χ0) is 23.8. The summed E-state index contributed by atoms with van der Waals surface area (Å²) >= 11 is 0. The van der Waals surface area contributed by atoms with E-state index in [0.29, 0.717) is 10.8 Å². The van der Waals surface area contributed by atoms with E-state index in [2.05, 4.69) is 108 Å². The Labute approximate surface area is 200 Å². The van der Waals surface area contributed by atoms with Gasteiger partial charge < -0.3 is 0 Å². The number of imidazole rings is 1. The summed E-state index contributed by atoms with van der Waals surface area (Å²) in [5.41, 5.74) is 11.4. The molecule has 33 heavy (non-hydrogen) atoms. The molecule has 0 atom stereocenters. The predicted molar refractivity (Wildman–Crippen MR) is 137 cm³/mol. The minimum Gasteiger partial charge on any atom is -0.232 e. The second-order valence-corrected chi connectivity index (χ2v) is 13.7. The summed E-state index contributed by atoms with van der Waals surface area (Å²) in [6, 6.07) is 12.3. The first-order valence-electron chi connectivity index (χ1n) is 12.9. The molecule has 2 nitrogen and oxygen atoms in total. The maximum atomic E-state index is 2.55. The summed E-state index contributed by atoms with van der Waals surface area (Å²) in [4.78, 5) is 0. The molecule has 0 amide bonds. The van der Waals surface area contributed by atoms with E-state index in [0.717, 1.165) is 0 Å². The Morgan fingerprint density at radius 1 is 0.667 bits per heavy atom. The lowest BCUT2D eigenvalue weighted by Gasteiger charge is -2.51. The molecule has 0 unspecified atom stereocenters. The van der Waals surface area contributed by atoms with Crippen molar-refractivity contribution >= 4 is 11.0 Å². The molecule has 1 aromatic heterocycles. The molecular weight excluding hydrogens is 400 g/mol. The van der Waals surface area contributed by atoms with Gasteiger partial charge in [-0.2, -0.15) is 4.57 Å². The third-order valence-corrected chi connectivity index (χ3v) is 11.6. The Kier molecular flexibility index (Phi) is 3.86. The van der Waals surface area contributed by atoms with E-state index in [1.807, 2.05) is 0 Å². The number of nitrogens with zero attached hydrogens (tertiary/aromatic N) is 2. The molecule has 4 aliphatic carbocycles. The largest absolute Gasteiger partial charge is 0.249 e. The average molecular weight is 442 g/mol. The SMILES string of the molecule is C[n+]1cn(-c2ccc3c(c2)C(C)(C)C(C)(C)C3(C)C)c2cc3c(cc21)C1(C)CCC3(C)CC1. The van der Waals surface area contributed by atoms with Crippen LogP contribution in [0.15, 0.2) is 36.7 Å². The number of hydrogen-bond donors (Lipinski definition) is 0. The van der Waals surface area contributed by atoms with Crippen LogP contribution in [0.4, 0.5) is 0 Å². The fraction of sp³-hybridized carbons (Fsp3) is 0.581. The molecule has 1 saturated carbocycles. The van der Waals surface area contributed by atoms with Crippen LogP contribution >= 0.6 is 0 Å². The van der Waals surface area contributed by atoms with Crippen molar-refractivity contribution in [3.63, 3.8) is 0 Å². The van der Waals surface area contributed by atoms with Gasteiger partial charge in [0.25, 0.3) is 0 Å². The molecule has 1 heterocycles. The fourth-order valence-electron chi connectivity index (χ4n) is 7.65. The van der Waals surface area contributed by atoms with Crippen LogP contribution in [0.3, 0.4) is 0 Å². The highest BCUT2D eigenvalue weighted by Gasteiger charge is 2.57. The van der Waals surface area contributed by atoms with Crippen LogP contribution < -0.4 is 4.57 Å². The van der Waals surface area contributed by atoms with Gasteiger partial charge >= 0.3 is 0 Å². The maximum absolute atomic E-state index is 2.55. The van der Waals surface area contributed by atoms with Crippen molar-refractivity contribution < 1.29 is 4.57 Å². The van der Waals surface area contributed by atoms with Crippen LogP contribution in [0.5, 0.6) is 0 Å². The number of fused-ring (bicyclic) bond motifs is 4. The molecule has 7 rings (SSSR count). The van der Waals surface area contributed by atoms with E-state index < -0.39 is 0 Å². The van der Waals surface area contributed by atoms with E-state index in [4.69, 9.17) is 0 Å². The predicted octanol–water partition coefficient (Wildman–Crippen LogP) is 7.15. The van der Waals surface area contributed by atoms with Crippen LogP contribution in [0.2, 0.25) is 0 Å². The highest BCUT2D eigenvalue weighted by Crippen LogP contribution is 2.62. The van der Waals surface area contributed by atoms with Crippen molar-refractivity contribution in [1.29, 1.82) is 0 Å². The molecule has 0 N–H and O–H groups in total. The first kappa shape index (κ1) is 21.4. The lowest BCUT2D eigenvalue weighted by Crippen LogP contribution is -2.44. The molecule has 0 radical (unpaired) electrons. The van der Waals surface area contributed by atoms with E-state index >= 15 is 0 Å². The normalized spacial score (nSPS) is 30.5. The summed E-state index contributed by atoms with van der Waals surface area (Å²) in [5, 5.41) is 0. The zero-order valence-corrected chi connectivity index (χ0v) is 22.2. The summed E-state index contributed by atoms with van der Waals surface area (Å²) < 4.78 is 4.77. The lowest BCUT2D eigenvalue weighted by molar-refractivity contribution is -0.645. The molecule has 1 fully saturated rings. The number of rotatable bonds is 1. The van der Waals surface area contributed by atoms with Gasteiger partial charge in [-0.1, -0.05) is 61.5 Å². The van der Waals surface area contributed by atoms with Gasteiger partial charge in [0.2, 0.25) is 6.33 Å². The quantitative estimate of drug-likeness (QED) is 0.354. The molecule has 2 heteroatoms. The van der Waals surface area contributed by atoms with Crippen molar-refractivity contribution in [3.8, 4) is 5.69 Å². The number of hydrogen-bond acceptors (Lipinski definition) is 0. The zero-order valence-electron chi connectivity index (χ0n) is 22.2.